The lowest BCUT2D eigenvalue weighted by atomic mass is 9.94. The van der Waals surface area contributed by atoms with Crippen molar-refractivity contribution >= 4 is 29.3 Å². The maximum atomic E-state index is 13.1. The van der Waals surface area contributed by atoms with Crippen LogP contribution >= 0.6 is 11.6 Å². The fourth-order valence-corrected chi connectivity index (χ4v) is 3.76. The second kappa shape index (κ2) is 9.82. The summed E-state index contributed by atoms with van der Waals surface area (Å²) in [6, 6.07) is 8.94. The van der Waals surface area contributed by atoms with Gasteiger partial charge in [0.05, 0.1) is 45.2 Å². The van der Waals surface area contributed by atoms with Gasteiger partial charge in [-0.1, -0.05) is 11.6 Å². The summed E-state index contributed by atoms with van der Waals surface area (Å²) in [5.74, 6) is 0.666. The highest BCUT2D eigenvalue weighted by atomic mass is 35.5. The van der Waals surface area contributed by atoms with Gasteiger partial charge >= 0.3 is 12.0 Å². The van der Waals surface area contributed by atoms with E-state index in [9.17, 15) is 9.59 Å². The van der Waals surface area contributed by atoms with Gasteiger partial charge in [-0.2, -0.15) is 0 Å². The molecule has 0 radical (unpaired) electrons. The number of amides is 2. The summed E-state index contributed by atoms with van der Waals surface area (Å²) < 4.78 is 21.6. The lowest BCUT2D eigenvalue weighted by Gasteiger charge is -2.35. The summed E-state index contributed by atoms with van der Waals surface area (Å²) in [4.78, 5) is 27.5. The van der Waals surface area contributed by atoms with Crippen molar-refractivity contribution < 1.29 is 28.5 Å². The molecule has 0 saturated carbocycles. The molecule has 1 N–H and O–H groups in total. The number of halogens is 1. The highest BCUT2D eigenvalue weighted by molar-refractivity contribution is 6.30. The van der Waals surface area contributed by atoms with Crippen molar-refractivity contribution in [1.82, 2.24) is 5.32 Å². The van der Waals surface area contributed by atoms with Crippen molar-refractivity contribution in [2.45, 2.75) is 19.9 Å². The number of anilines is 1. The standard InChI is InChI=1S/C23H25ClN2O6/c1-6-32-22(27)19-13(2)26(16-9-7-15(24)8-10-16)23(28)25-20(19)14-11-17(29-3)21(31-5)18(12-14)30-4/h7-12,20H,6H2,1-5H3,(H,25,28)/t20-/m1/s1. The SMILES string of the molecule is CCOC(=O)C1=C(C)N(c2ccc(Cl)cc2)C(=O)N[C@@H]1c1cc(OC)c(OC)c(OC)c1. The molecule has 170 valence electrons. The number of nitrogens with zero attached hydrogens (tertiary/aromatic N) is 1. The summed E-state index contributed by atoms with van der Waals surface area (Å²) in [7, 11) is 4.49. The predicted octanol–water partition coefficient (Wildman–Crippen LogP) is 4.47. The van der Waals surface area contributed by atoms with Crippen LogP contribution in [0.25, 0.3) is 0 Å². The molecule has 1 aliphatic rings. The molecule has 0 fully saturated rings. The van der Waals surface area contributed by atoms with Crippen molar-refractivity contribution in [2.24, 2.45) is 0 Å². The number of urea groups is 1. The van der Waals surface area contributed by atoms with Crippen LogP contribution in [0.3, 0.4) is 0 Å². The van der Waals surface area contributed by atoms with Crippen molar-refractivity contribution in [2.75, 3.05) is 32.8 Å². The zero-order chi connectivity index (χ0) is 23.4. The average Bonchev–Trinajstić information content (AvgIpc) is 2.78. The van der Waals surface area contributed by atoms with Gasteiger partial charge in [-0.05, 0) is 55.8 Å². The smallest absolute Gasteiger partial charge is 0.338 e. The van der Waals surface area contributed by atoms with Crippen LogP contribution < -0.4 is 24.4 Å². The minimum atomic E-state index is -0.793. The van der Waals surface area contributed by atoms with Gasteiger partial charge in [0.2, 0.25) is 5.75 Å². The molecule has 1 heterocycles. The number of carbonyl (C=O) groups excluding carboxylic acids is 2. The average molecular weight is 461 g/mol. The highest BCUT2D eigenvalue weighted by Crippen LogP contribution is 2.42. The number of ether oxygens (including phenoxy) is 4. The lowest BCUT2D eigenvalue weighted by Crippen LogP contribution is -2.48. The Balaban J connectivity index is 2.19. The Bertz CT molecular complexity index is 1030. The summed E-state index contributed by atoms with van der Waals surface area (Å²) in [5, 5.41) is 3.44. The van der Waals surface area contributed by atoms with Crippen molar-refractivity contribution in [3.05, 3.63) is 58.3 Å². The number of rotatable bonds is 7. The molecule has 8 nitrogen and oxygen atoms in total. The van der Waals surface area contributed by atoms with Crippen LogP contribution in [0.5, 0.6) is 17.2 Å². The molecule has 2 aromatic carbocycles. The second-order valence-corrected chi connectivity index (χ2v) is 7.31. The molecule has 3 rings (SSSR count). The number of nitrogens with one attached hydrogen (secondary N) is 1. The normalized spacial score (nSPS) is 15.9. The molecule has 2 amide bonds. The van der Waals surface area contributed by atoms with Crippen LogP contribution in [0.2, 0.25) is 5.02 Å². The van der Waals surface area contributed by atoms with E-state index in [0.717, 1.165) is 0 Å². The number of allylic oxidation sites excluding steroid dienone is 1. The molecule has 0 bridgehead atoms. The third-order valence-electron chi connectivity index (χ3n) is 5.09. The molecule has 0 aromatic heterocycles. The third-order valence-corrected chi connectivity index (χ3v) is 5.34. The van der Waals surface area contributed by atoms with E-state index in [-0.39, 0.29) is 12.2 Å². The lowest BCUT2D eigenvalue weighted by molar-refractivity contribution is -0.139. The number of hydrogen-bond acceptors (Lipinski definition) is 6. The van der Waals surface area contributed by atoms with Crippen molar-refractivity contribution in [1.29, 1.82) is 0 Å². The summed E-state index contributed by atoms with van der Waals surface area (Å²) in [5.41, 5.74) is 1.87. The zero-order valence-corrected chi connectivity index (χ0v) is 19.3. The first-order chi connectivity index (χ1) is 15.4. The third kappa shape index (κ3) is 4.31. The molecular weight excluding hydrogens is 436 g/mol. The van der Waals surface area contributed by atoms with E-state index >= 15 is 0 Å². The molecule has 0 saturated heterocycles. The first-order valence-electron chi connectivity index (χ1n) is 9.90. The fraction of sp³-hybridized carbons (Fsp3) is 0.304. The van der Waals surface area contributed by atoms with Crippen LogP contribution in [0.4, 0.5) is 10.5 Å². The first-order valence-corrected chi connectivity index (χ1v) is 10.3. The molecule has 0 spiro atoms. The number of methoxy groups -OCH3 is 3. The van der Waals surface area contributed by atoms with E-state index in [1.165, 1.54) is 26.2 Å². The summed E-state index contributed by atoms with van der Waals surface area (Å²) >= 11 is 5.99. The molecular formula is C23H25ClN2O6. The minimum Gasteiger partial charge on any atom is -0.493 e. The predicted molar refractivity (Wildman–Crippen MR) is 121 cm³/mol. The highest BCUT2D eigenvalue weighted by Gasteiger charge is 2.38. The Morgan fingerprint density at radius 1 is 1.06 bits per heavy atom. The van der Waals surface area contributed by atoms with Crippen LogP contribution in [0, 0.1) is 0 Å². The van der Waals surface area contributed by atoms with Gasteiger partial charge in [-0.3, -0.25) is 4.90 Å². The number of esters is 1. The zero-order valence-electron chi connectivity index (χ0n) is 18.5. The molecule has 32 heavy (non-hydrogen) atoms. The topological polar surface area (TPSA) is 86.3 Å². The van der Waals surface area contributed by atoms with E-state index < -0.39 is 18.0 Å². The summed E-state index contributed by atoms with van der Waals surface area (Å²) in [6.07, 6.45) is 0. The van der Waals surface area contributed by atoms with Gasteiger partial charge in [-0.25, -0.2) is 9.59 Å². The van der Waals surface area contributed by atoms with E-state index in [1.54, 1.807) is 50.2 Å². The summed E-state index contributed by atoms with van der Waals surface area (Å²) in [6.45, 7) is 3.61. The number of hydrogen-bond donors (Lipinski definition) is 1. The van der Waals surface area contributed by atoms with E-state index in [2.05, 4.69) is 5.32 Å². The Kier molecular flexibility index (Phi) is 7.15. The van der Waals surface area contributed by atoms with Gasteiger partial charge in [0, 0.05) is 10.7 Å². The Hall–Kier alpha value is -3.39. The van der Waals surface area contributed by atoms with Crippen molar-refractivity contribution in [3.8, 4) is 17.2 Å². The Morgan fingerprint density at radius 2 is 1.66 bits per heavy atom. The Labute approximate surface area is 191 Å². The molecule has 2 aromatic rings. The minimum absolute atomic E-state index is 0.187. The van der Waals surface area contributed by atoms with Crippen molar-refractivity contribution in [3.63, 3.8) is 0 Å². The molecule has 1 aliphatic heterocycles. The Morgan fingerprint density at radius 3 is 2.16 bits per heavy atom. The van der Waals surface area contributed by atoms with E-state index in [0.29, 0.717) is 39.2 Å². The largest absolute Gasteiger partial charge is 0.493 e. The maximum Gasteiger partial charge on any atom is 0.338 e. The molecule has 1 atom stereocenters. The van der Waals surface area contributed by atoms with Crippen LogP contribution in [0.1, 0.15) is 25.5 Å². The van der Waals surface area contributed by atoms with Crippen LogP contribution in [0.15, 0.2) is 47.7 Å². The van der Waals surface area contributed by atoms with Gasteiger partial charge < -0.3 is 24.3 Å². The monoisotopic (exact) mass is 460 g/mol. The fourth-order valence-electron chi connectivity index (χ4n) is 3.64. The van der Waals surface area contributed by atoms with Crippen LogP contribution in [-0.2, 0) is 9.53 Å². The second-order valence-electron chi connectivity index (χ2n) is 6.87. The molecule has 0 unspecified atom stereocenters. The first kappa shape index (κ1) is 23.3. The maximum absolute atomic E-state index is 13.1. The molecule has 0 aliphatic carbocycles. The number of benzene rings is 2. The van der Waals surface area contributed by atoms with E-state index in [1.807, 2.05) is 0 Å². The van der Waals surface area contributed by atoms with E-state index in [4.69, 9.17) is 30.5 Å². The van der Waals surface area contributed by atoms with Gasteiger partial charge in [0.15, 0.2) is 11.5 Å². The molecule has 9 heteroatoms. The number of carbonyl (C=O) groups is 2. The quantitative estimate of drug-likeness (QED) is 0.613. The van der Waals surface area contributed by atoms with Gasteiger partial charge in [0.1, 0.15) is 0 Å². The van der Waals surface area contributed by atoms with Gasteiger partial charge in [0.25, 0.3) is 0 Å². The van der Waals surface area contributed by atoms with Gasteiger partial charge in [-0.15, -0.1) is 0 Å². The van der Waals surface area contributed by atoms with Crippen LogP contribution in [-0.4, -0.2) is 39.9 Å².